The summed E-state index contributed by atoms with van der Waals surface area (Å²) in [4.78, 5) is 11.4. The molecule has 86 valence electrons. The van der Waals surface area contributed by atoms with E-state index in [1.54, 1.807) is 12.1 Å². The Morgan fingerprint density at radius 1 is 1.06 bits per heavy atom. The highest BCUT2D eigenvalue weighted by Gasteiger charge is 2.23. The standard InChI is InChI=1S/C11H10O4.ClH/c1-14-10-3-6-7(4-11(10)15-2)9(13)5-8(6)12;/h3-5,12H,1-2H3;1H. The molecule has 0 saturated carbocycles. The fourth-order valence-corrected chi connectivity index (χ4v) is 1.57. The molecule has 0 radical (unpaired) electrons. The molecular weight excluding hydrogens is 232 g/mol. The third kappa shape index (κ3) is 1.72. The maximum atomic E-state index is 11.4. The lowest BCUT2D eigenvalue weighted by Crippen LogP contribution is -1.97. The first kappa shape index (κ1) is 12.4. The average molecular weight is 243 g/mol. The molecule has 0 aliphatic heterocycles. The summed E-state index contributed by atoms with van der Waals surface area (Å²) in [7, 11) is 3.00. The molecule has 0 saturated heterocycles. The van der Waals surface area contributed by atoms with Crippen LogP contribution in [-0.4, -0.2) is 25.1 Å². The third-order valence-corrected chi connectivity index (χ3v) is 2.33. The molecular formula is C11H11ClO4. The van der Waals surface area contributed by atoms with Crippen LogP contribution in [0.3, 0.4) is 0 Å². The molecule has 0 amide bonds. The lowest BCUT2D eigenvalue weighted by atomic mass is 10.1. The summed E-state index contributed by atoms with van der Waals surface area (Å²) in [6, 6.07) is 3.15. The van der Waals surface area contributed by atoms with Gasteiger partial charge in [0.25, 0.3) is 0 Å². The van der Waals surface area contributed by atoms with Gasteiger partial charge in [-0.1, -0.05) is 0 Å². The van der Waals surface area contributed by atoms with E-state index in [1.807, 2.05) is 0 Å². The lowest BCUT2D eigenvalue weighted by Gasteiger charge is -2.09. The van der Waals surface area contributed by atoms with Gasteiger partial charge >= 0.3 is 0 Å². The van der Waals surface area contributed by atoms with E-state index in [-0.39, 0.29) is 23.9 Å². The van der Waals surface area contributed by atoms with Crippen LogP contribution in [0.4, 0.5) is 0 Å². The van der Waals surface area contributed by atoms with Crippen molar-refractivity contribution in [3.05, 3.63) is 29.3 Å². The summed E-state index contributed by atoms with van der Waals surface area (Å²) in [5, 5.41) is 9.48. The Morgan fingerprint density at radius 3 is 2.06 bits per heavy atom. The van der Waals surface area contributed by atoms with E-state index in [0.29, 0.717) is 22.6 Å². The molecule has 1 aromatic carbocycles. The number of hydrogen-bond donors (Lipinski definition) is 1. The molecule has 16 heavy (non-hydrogen) atoms. The molecule has 0 fully saturated rings. The number of hydrogen-bond acceptors (Lipinski definition) is 4. The van der Waals surface area contributed by atoms with E-state index in [4.69, 9.17) is 9.47 Å². The van der Waals surface area contributed by atoms with Crippen LogP contribution < -0.4 is 9.47 Å². The monoisotopic (exact) mass is 242 g/mol. The number of ether oxygens (including phenoxy) is 2. The number of methoxy groups -OCH3 is 2. The third-order valence-electron chi connectivity index (χ3n) is 2.33. The van der Waals surface area contributed by atoms with Crippen molar-refractivity contribution in [2.24, 2.45) is 0 Å². The first-order valence-electron chi connectivity index (χ1n) is 4.38. The van der Waals surface area contributed by atoms with Crippen molar-refractivity contribution in [2.75, 3.05) is 14.2 Å². The van der Waals surface area contributed by atoms with Crippen LogP contribution in [0.25, 0.3) is 5.76 Å². The predicted molar refractivity (Wildman–Crippen MR) is 61.7 cm³/mol. The molecule has 0 atom stereocenters. The van der Waals surface area contributed by atoms with Crippen molar-refractivity contribution in [1.29, 1.82) is 0 Å². The number of rotatable bonds is 2. The van der Waals surface area contributed by atoms with Gasteiger partial charge < -0.3 is 14.6 Å². The van der Waals surface area contributed by atoms with Gasteiger partial charge in [0.15, 0.2) is 17.3 Å². The molecule has 0 heterocycles. The van der Waals surface area contributed by atoms with Crippen molar-refractivity contribution in [1.82, 2.24) is 0 Å². The number of fused-ring (bicyclic) bond motifs is 1. The fraction of sp³-hybridized carbons (Fsp3) is 0.182. The molecule has 5 heteroatoms. The number of allylic oxidation sites excluding steroid dienone is 1. The molecule has 1 aliphatic rings. The summed E-state index contributed by atoms with van der Waals surface area (Å²) in [6.45, 7) is 0. The highest BCUT2D eigenvalue weighted by Crippen LogP contribution is 2.36. The fourth-order valence-electron chi connectivity index (χ4n) is 1.57. The van der Waals surface area contributed by atoms with Gasteiger partial charge in [-0.25, -0.2) is 0 Å². The van der Waals surface area contributed by atoms with Crippen molar-refractivity contribution in [3.8, 4) is 11.5 Å². The van der Waals surface area contributed by atoms with Gasteiger partial charge in [-0.2, -0.15) is 0 Å². The van der Waals surface area contributed by atoms with Crippen LogP contribution in [0.2, 0.25) is 0 Å². The lowest BCUT2D eigenvalue weighted by molar-refractivity contribution is 0.104. The maximum Gasteiger partial charge on any atom is 0.190 e. The van der Waals surface area contributed by atoms with Crippen LogP contribution in [-0.2, 0) is 0 Å². The number of halogens is 1. The van der Waals surface area contributed by atoms with E-state index in [0.717, 1.165) is 0 Å². The first-order chi connectivity index (χ1) is 7.17. The Kier molecular flexibility index (Phi) is 3.44. The minimum Gasteiger partial charge on any atom is -0.507 e. The largest absolute Gasteiger partial charge is 0.507 e. The van der Waals surface area contributed by atoms with Crippen LogP contribution in [0, 0.1) is 0 Å². The zero-order chi connectivity index (χ0) is 11.0. The predicted octanol–water partition coefficient (Wildman–Crippen LogP) is 2.22. The number of ketones is 1. The highest BCUT2D eigenvalue weighted by molar-refractivity contribution is 6.15. The molecule has 4 nitrogen and oxygen atoms in total. The second-order valence-electron chi connectivity index (χ2n) is 3.15. The summed E-state index contributed by atoms with van der Waals surface area (Å²) < 4.78 is 10.1. The topological polar surface area (TPSA) is 55.8 Å². The molecule has 0 bridgehead atoms. The van der Waals surface area contributed by atoms with Crippen molar-refractivity contribution >= 4 is 23.9 Å². The second-order valence-corrected chi connectivity index (χ2v) is 3.15. The number of aliphatic hydroxyl groups is 1. The van der Waals surface area contributed by atoms with Crippen molar-refractivity contribution in [3.63, 3.8) is 0 Å². The van der Waals surface area contributed by atoms with Crippen LogP contribution in [0.5, 0.6) is 11.5 Å². The van der Waals surface area contributed by atoms with E-state index < -0.39 is 0 Å². The quantitative estimate of drug-likeness (QED) is 0.864. The molecule has 2 rings (SSSR count). The maximum absolute atomic E-state index is 11.4. The van der Waals surface area contributed by atoms with E-state index >= 15 is 0 Å². The van der Waals surface area contributed by atoms with Crippen LogP contribution in [0.1, 0.15) is 15.9 Å². The summed E-state index contributed by atoms with van der Waals surface area (Å²) in [5.74, 6) is 0.720. The SMILES string of the molecule is COc1cc2c(cc1OC)C(O)=CC2=O.Cl. The van der Waals surface area contributed by atoms with E-state index in [9.17, 15) is 9.90 Å². The molecule has 1 N–H and O–H groups in total. The normalized spacial score (nSPS) is 12.6. The number of benzene rings is 1. The number of carbonyl (C=O) groups excluding carboxylic acids is 1. The van der Waals surface area contributed by atoms with Crippen molar-refractivity contribution < 1.29 is 19.4 Å². The Hall–Kier alpha value is -1.68. The van der Waals surface area contributed by atoms with Gasteiger partial charge in [0.05, 0.1) is 14.2 Å². The highest BCUT2D eigenvalue weighted by atomic mass is 35.5. The Balaban J connectivity index is 0.00000128. The van der Waals surface area contributed by atoms with Crippen LogP contribution >= 0.6 is 12.4 Å². The molecule has 1 aromatic rings. The summed E-state index contributed by atoms with van der Waals surface area (Å²) >= 11 is 0. The van der Waals surface area contributed by atoms with Crippen molar-refractivity contribution in [2.45, 2.75) is 0 Å². The number of carbonyl (C=O) groups is 1. The minimum atomic E-state index is -0.219. The van der Waals surface area contributed by atoms with Gasteiger partial charge in [-0.05, 0) is 12.1 Å². The molecule has 0 aromatic heterocycles. The van der Waals surface area contributed by atoms with Gasteiger partial charge in [0.2, 0.25) is 0 Å². The first-order valence-corrected chi connectivity index (χ1v) is 4.38. The van der Waals surface area contributed by atoms with Crippen LogP contribution in [0.15, 0.2) is 18.2 Å². The van der Waals surface area contributed by atoms with Gasteiger partial charge in [0, 0.05) is 17.2 Å². The molecule has 0 unspecified atom stereocenters. The summed E-state index contributed by atoms with van der Waals surface area (Å²) in [5.41, 5.74) is 0.919. The Labute approximate surface area is 98.9 Å². The van der Waals surface area contributed by atoms with Gasteiger partial charge in [-0.15, -0.1) is 12.4 Å². The minimum absolute atomic E-state index is 0. The van der Waals surface area contributed by atoms with E-state index in [1.165, 1.54) is 20.3 Å². The van der Waals surface area contributed by atoms with Gasteiger partial charge in [-0.3, -0.25) is 4.79 Å². The summed E-state index contributed by atoms with van der Waals surface area (Å²) in [6.07, 6.45) is 1.18. The second kappa shape index (κ2) is 4.45. The van der Waals surface area contributed by atoms with Gasteiger partial charge in [0.1, 0.15) is 5.76 Å². The molecule has 1 aliphatic carbocycles. The zero-order valence-electron chi connectivity index (χ0n) is 8.81. The zero-order valence-corrected chi connectivity index (χ0v) is 9.63. The van der Waals surface area contributed by atoms with E-state index in [2.05, 4.69) is 0 Å². The molecule has 0 spiro atoms. The number of aliphatic hydroxyl groups excluding tert-OH is 1. The Bertz CT molecular complexity index is 465. The average Bonchev–Trinajstić information content (AvgIpc) is 2.52. The Morgan fingerprint density at radius 2 is 1.56 bits per heavy atom. The smallest absolute Gasteiger partial charge is 0.190 e.